The Kier molecular flexibility index (Phi) is 4.19. The van der Waals surface area contributed by atoms with Gasteiger partial charge in [-0.2, -0.15) is 0 Å². The molecule has 0 amide bonds. The molecule has 1 saturated carbocycles. The Labute approximate surface area is 97.4 Å². The maximum Gasteiger partial charge on any atom is 0.0938 e. The number of β-amino-alcohol motifs (C(OH)–C–C–N with tert-alkyl or cyclic N) is 2. The van der Waals surface area contributed by atoms with Crippen LogP contribution in [0.15, 0.2) is 0 Å². The van der Waals surface area contributed by atoms with Crippen LogP contribution in [0.2, 0.25) is 0 Å². The number of nitrogens with zero attached hydrogens (tertiary/aromatic N) is 1. The molecule has 4 nitrogen and oxygen atoms in total. The van der Waals surface area contributed by atoms with Gasteiger partial charge in [0, 0.05) is 19.1 Å². The molecule has 4 unspecified atom stereocenters. The molecule has 4 heteroatoms. The fourth-order valence-corrected chi connectivity index (χ4v) is 3.19. The molecular weight excluding hydrogens is 204 g/mol. The second-order valence-electron chi connectivity index (χ2n) is 5.29. The topological polar surface area (TPSA) is 69.7 Å². The fourth-order valence-electron chi connectivity index (χ4n) is 3.19. The lowest BCUT2D eigenvalue weighted by Crippen LogP contribution is -2.42. The standard InChI is InChI=1S/C12H24N2O2/c13-6-9-4-2-1-3-5-10(9)14-7-11(15)12(16)8-14/h9-12,15-16H,1-8,13H2. The highest BCUT2D eigenvalue weighted by atomic mass is 16.3. The van der Waals surface area contributed by atoms with Crippen molar-refractivity contribution in [1.82, 2.24) is 4.90 Å². The molecule has 2 rings (SSSR count). The maximum absolute atomic E-state index is 9.61. The average molecular weight is 228 g/mol. The third kappa shape index (κ3) is 2.56. The van der Waals surface area contributed by atoms with E-state index in [0.717, 1.165) is 6.54 Å². The Morgan fingerprint density at radius 1 is 1.00 bits per heavy atom. The minimum atomic E-state index is -0.568. The fraction of sp³-hybridized carbons (Fsp3) is 1.00. The smallest absolute Gasteiger partial charge is 0.0938 e. The van der Waals surface area contributed by atoms with Gasteiger partial charge in [0.1, 0.15) is 0 Å². The highest BCUT2D eigenvalue weighted by Crippen LogP contribution is 2.29. The summed E-state index contributed by atoms with van der Waals surface area (Å²) < 4.78 is 0. The molecule has 0 aromatic carbocycles. The predicted octanol–water partition coefficient (Wildman–Crippen LogP) is -0.0686. The SMILES string of the molecule is NCC1CCCCCC1N1CC(O)C(O)C1. The van der Waals surface area contributed by atoms with Gasteiger partial charge in [0.25, 0.3) is 0 Å². The van der Waals surface area contributed by atoms with E-state index in [1.807, 2.05) is 0 Å². The lowest BCUT2D eigenvalue weighted by molar-refractivity contribution is 0.0572. The zero-order chi connectivity index (χ0) is 11.5. The Bertz CT molecular complexity index is 215. The first-order chi connectivity index (χ1) is 7.72. The number of aliphatic hydroxyl groups excluding tert-OH is 2. The number of aliphatic hydroxyl groups is 2. The van der Waals surface area contributed by atoms with Crippen LogP contribution in [0, 0.1) is 5.92 Å². The quantitative estimate of drug-likeness (QED) is 0.579. The van der Waals surface area contributed by atoms with E-state index in [2.05, 4.69) is 4.90 Å². The van der Waals surface area contributed by atoms with E-state index in [1.54, 1.807) is 0 Å². The first-order valence-electron chi connectivity index (χ1n) is 6.52. The minimum Gasteiger partial charge on any atom is -0.389 e. The van der Waals surface area contributed by atoms with Crippen LogP contribution in [0.25, 0.3) is 0 Å². The van der Waals surface area contributed by atoms with Gasteiger partial charge in [-0.1, -0.05) is 19.3 Å². The van der Waals surface area contributed by atoms with Crippen LogP contribution in [0.5, 0.6) is 0 Å². The van der Waals surface area contributed by atoms with Crippen molar-refractivity contribution in [2.45, 2.75) is 50.4 Å². The monoisotopic (exact) mass is 228 g/mol. The van der Waals surface area contributed by atoms with Gasteiger partial charge >= 0.3 is 0 Å². The molecule has 0 aromatic rings. The van der Waals surface area contributed by atoms with Crippen LogP contribution in [0.3, 0.4) is 0 Å². The Balaban J connectivity index is 1.99. The van der Waals surface area contributed by atoms with Gasteiger partial charge < -0.3 is 15.9 Å². The number of likely N-dealkylation sites (tertiary alicyclic amines) is 1. The van der Waals surface area contributed by atoms with Crippen molar-refractivity contribution in [3.05, 3.63) is 0 Å². The van der Waals surface area contributed by atoms with E-state index in [-0.39, 0.29) is 0 Å². The van der Waals surface area contributed by atoms with Gasteiger partial charge in [-0.15, -0.1) is 0 Å². The molecule has 1 heterocycles. The zero-order valence-electron chi connectivity index (χ0n) is 9.89. The van der Waals surface area contributed by atoms with Gasteiger partial charge in [0.05, 0.1) is 12.2 Å². The number of hydrogen-bond acceptors (Lipinski definition) is 4. The van der Waals surface area contributed by atoms with Gasteiger partial charge in [-0.05, 0) is 25.3 Å². The van der Waals surface area contributed by atoms with E-state index in [1.165, 1.54) is 32.1 Å². The summed E-state index contributed by atoms with van der Waals surface area (Å²) in [5.41, 5.74) is 5.85. The van der Waals surface area contributed by atoms with Crippen LogP contribution in [0.4, 0.5) is 0 Å². The number of hydrogen-bond donors (Lipinski definition) is 3. The molecule has 0 radical (unpaired) electrons. The second kappa shape index (κ2) is 5.45. The van der Waals surface area contributed by atoms with E-state index in [4.69, 9.17) is 5.73 Å². The summed E-state index contributed by atoms with van der Waals surface area (Å²) in [6, 6.07) is 0.472. The molecule has 4 N–H and O–H groups in total. The number of rotatable bonds is 2. The summed E-state index contributed by atoms with van der Waals surface area (Å²) in [6.45, 7) is 1.96. The highest BCUT2D eigenvalue weighted by molar-refractivity contribution is 4.91. The van der Waals surface area contributed by atoms with Crippen LogP contribution in [0.1, 0.15) is 32.1 Å². The molecular formula is C12H24N2O2. The van der Waals surface area contributed by atoms with Gasteiger partial charge in [-0.3, -0.25) is 4.90 Å². The van der Waals surface area contributed by atoms with Crippen molar-refractivity contribution < 1.29 is 10.2 Å². The molecule has 1 aliphatic carbocycles. The average Bonchev–Trinajstić information content (AvgIpc) is 2.53. The van der Waals surface area contributed by atoms with Crippen LogP contribution < -0.4 is 5.73 Å². The Morgan fingerprint density at radius 3 is 2.25 bits per heavy atom. The van der Waals surface area contributed by atoms with Crippen molar-refractivity contribution in [3.63, 3.8) is 0 Å². The van der Waals surface area contributed by atoms with Crippen molar-refractivity contribution in [3.8, 4) is 0 Å². The molecule has 4 atom stereocenters. The van der Waals surface area contributed by atoms with E-state index in [9.17, 15) is 10.2 Å². The normalized spacial score (nSPS) is 42.2. The molecule has 2 aliphatic rings. The minimum absolute atomic E-state index is 0.472. The predicted molar refractivity (Wildman–Crippen MR) is 63.0 cm³/mol. The molecule has 0 aromatic heterocycles. The Morgan fingerprint density at radius 2 is 1.62 bits per heavy atom. The molecule has 1 aliphatic heterocycles. The lowest BCUT2D eigenvalue weighted by Gasteiger charge is -2.32. The Hall–Kier alpha value is -0.160. The third-order valence-corrected chi connectivity index (χ3v) is 4.18. The van der Waals surface area contributed by atoms with E-state index >= 15 is 0 Å². The van der Waals surface area contributed by atoms with Crippen LogP contribution in [-0.2, 0) is 0 Å². The van der Waals surface area contributed by atoms with Crippen molar-refractivity contribution in [1.29, 1.82) is 0 Å². The van der Waals surface area contributed by atoms with E-state index < -0.39 is 12.2 Å². The molecule has 2 fully saturated rings. The summed E-state index contributed by atoms with van der Waals surface area (Å²) in [4.78, 5) is 2.25. The first-order valence-corrected chi connectivity index (χ1v) is 6.52. The summed E-state index contributed by atoms with van der Waals surface area (Å²) in [5.74, 6) is 0.542. The van der Waals surface area contributed by atoms with Gasteiger partial charge in [0.2, 0.25) is 0 Å². The first kappa shape index (κ1) is 12.3. The van der Waals surface area contributed by atoms with Crippen molar-refractivity contribution in [2.75, 3.05) is 19.6 Å². The third-order valence-electron chi connectivity index (χ3n) is 4.18. The van der Waals surface area contributed by atoms with Gasteiger partial charge in [0.15, 0.2) is 0 Å². The molecule has 1 saturated heterocycles. The molecule has 16 heavy (non-hydrogen) atoms. The molecule has 94 valence electrons. The lowest BCUT2D eigenvalue weighted by atomic mass is 9.94. The summed E-state index contributed by atoms with van der Waals surface area (Å²) in [5, 5.41) is 19.2. The molecule has 0 spiro atoms. The van der Waals surface area contributed by atoms with E-state index in [0.29, 0.717) is 25.0 Å². The summed E-state index contributed by atoms with van der Waals surface area (Å²) in [7, 11) is 0. The van der Waals surface area contributed by atoms with Crippen molar-refractivity contribution in [2.24, 2.45) is 11.7 Å². The summed E-state index contributed by atoms with van der Waals surface area (Å²) in [6.07, 6.45) is 5.06. The number of nitrogens with two attached hydrogens (primary N) is 1. The second-order valence-corrected chi connectivity index (χ2v) is 5.29. The van der Waals surface area contributed by atoms with Crippen LogP contribution >= 0.6 is 0 Å². The summed E-state index contributed by atoms with van der Waals surface area (Å²) >= 11 is 0. The van der Waals surface area contributed by atoms with Crippen LogP contribution in [-0.4, -0.2) is 53.0 Å². The largest absolute Gasteiger partial charge is 0.389 e. The maximum atomic E-state index is 9.61. The molecule has 0 bridgehead atoms. The van der Waals surface area contributed by atoms with Crippen molar-refractivity contribution >= 4 is 0 Å². The van der Waals surface area contributed by atoms with Gasteiger partial charge in [-0.25, -0.2) is 0 Å². The highest BCUT2D eigenvalue weighted by Gasteiger charge is 2.36. The zero-order valence-corrected chi connectivity index (χ0v) is 9.89.